The molecule has 1 aliphatic heterocycles. The number of halogens is 1. The topological polar surface area (TPSA) is 42.0 Å². The number of nitrogens with one attached hydrogen (secondary N) is 1. The lowest BCUT2D eigenvalue weighted by molar-refractivity contribution is 0.0949. The van der Waals surface area contributed by atoms with Crippen LogP contribution in [-0.2, 0) is 6.42 Å². The highest BCUT2D eigenvalue weighted by atomic mass is 32.2. The van der Waals surface area contributed by atoms with E-state index in [-0.39, 0.29) is 10.8 Å². The lowest BCUT2D eigenvalue weighted by Gasteiger charge is -2.25. The molecule has 1 aromatic carbocycles. The van der Waals surface area contributed by atoms with Gasteiger partial charge in [0.2, 0.25) is 0 Å². The van der Waals surface area contributed by atoms with Gasteiger partial charge in [0, 0.05) is 18.0 Å². The third kappa shape index (κ3) is 3.08. The minimum Gasteiger partial charge on any atom is -0.350 e. The third-order valence-corrected chi connectivity index (χ3v) is 4.82. The van der Waals surface area contributed by atoms with Gasteiger partial charge in [-0.3, -0.25) is 9.78 Å². The van der Waals surface area contributed by atoms with Crippen molar-refractivity contribution in [3.8, 4) is 0 Å². The molecule has 1 amide bonds. The number of aromatic nitrogens is 1. The summed E-state index contributed by atoms with van der Waals surface area (Å²) >= 11 is 1.83. The van der Waals surface area contributed by atoms with Crippen LogP contribution in [0, 0.1) is 5.82 Å². The summed E-state index contributed by atoms with van der Waals surface area (Å²) < 4.78 is 13.5. The van der Waals surface area contributed by atoms with E-state index in [0.717, 1.165) is 18.4 Å². The van der Waals surface area contributed by atoms with E-state index in [2.05, 4.69) is 22.4 Å². The van der Waals surface area contributed by atoms with Gasteiger partial charge in [-0.15, -0.1) is 0 Å². The number of rotatable bonds is 3. The second-order valence-corrected chi connectivity index (χ2v) is 6.18. The predicted molar refractivity (Wildman–Crippen MR) is 81.9 cm³/mol. The fourth-order valence-electron chi connectivity index (χ4n) is 2.49. The summed E-state index contributed by atoms with van der Waals surface area (Å²) in [5.74, 6) is 0.0616. The van der Waals surface area contributed by atoms with Crippen molar-refractivity contribution < 1.29 is 9.18 Å². The van der Waals surface area contributed by atoms with Crippen molar-refractivity contribution in [3.05, 3.63) is 65.2 Å². The Hall–Kier alpha value is -1.88. The summed E-state index contributed by atoms with van der Waals surface area (Å²) in [4.78, 5) is 15.7. The van der Waals surface area contributed by atoms with Gasteiger partial charge in [-0.05, 0) is 29.4 Å². The van der Waals surface area contributed by atoms with Crippen LogP contribution in [0.15, 0.2) is 42.7 Å². The monoisotopic (exact) mass is 302 g/mol. The number of carbonyl (C=O) groups is 1. The molecule has 1 N–H and O–H groups in total. The molecule has 0 bridgehead atoms. The van der Waals surface area contributed by atoms with Crippen LogP contribution in [-0.4, -0.2) is 23.2 Å². The molecule has 5 heteroatoms. The molecule has 108 valence electrons. The molecule has 0 spiro atoms. The molecule has 0 fully saturated rings. The molecular weight excluding hydrogens is 287 g/mol. The van der Waals surface area contributed by atoms with Crippen molar-refractivity contribution in [1.29, 1.82) is 0 Å². The van der Waals surface area contributed by atoms with Crippen molar-refractivity contribution >= 4 is 17.7 Å². The summed E-state index contributed by atoms with van der Waals surface area (Å²) in [6.45, 7) is 0.502. The van der Waals surface area contributed by atoms with Gasteiger partial charge >= 0.3 is 0 Å². The molecule has 0 saturated carbocycles. The number of pyridine rings is 1. The lowest BCUT2D eigenvalue weighted by Crippen LogP contribution is -2.29. The molecule has 0 saturated heterocycles. The molecule has 21 heavy (non-hydrogen) atoms. The number of hydrogen-bond acceptors (Lipinski definition) is 3. The Morgan fingerprint density at radius 2 is 2.24 bits per heavy atom. The zero-order valence-electron chi connectivity index (χ0n) is 11.4. The average Bonchev–Trinajstić information content (AvgIpc) is 2.53. The zero-order chi connectivity index (χ0) is 14.7. The number of aryl methyl sites for hydroxylation is 1. The Morgan fingerprint density at radius 3 is 3.10 bits per heavy atom. The Bertz CT molecular complexity index is 662. The molecule has 1 unspecified atom stereocenters. The molecular formula is C16H15FN2OS. The van der Waals surface area contributed by atoms with E-state index in [1.807, 2.05) is 23.9 Å². The highest BCUT2D eigenvalue weighted by Crippen LogP contribution is 2.35. The molecule has 0 aliphatic carbocycles. The minimum absolute atomic E-state index is 0.0408. The number of thioether (sulfide) groups is 1. The van der Waals surface area contributed by atoms with E-state index >= 15 is 0 Å². The summed E-state index contributed by atoms with van der Waals surface area (Å²) in [5, 5.41) is 3.05. The largest absolute Gasteiger partial charge is 0.350 e. The summed E-state index contributed by atoms with van der Waals surface area (Å²) in [6.07, 6.45) is 3.53. The maximum atomic E-state index is 13.5. The van der Waals surface area contributed by atoms with Gasteiger partial charge in [-0.2, -0.15) is 11.8 Å². The number of fused-ring (bicyclic) bond motifs is 1. The van der Waals surface area contributed by atoms with Crippen molar-refractivity contribution in [3.63, 3.8) is 0 Å². The SMILES string of the molecule is O=C(NCC1SCCc2ccccc21)c1ccncc1F. The zero-order valence-corrected chi connectivity index (χ0v) is 12.2. The van der Waals surface area contributed by atoms with Crippen LogP contribution >= 0.6 is 11.8 Å². The van der Waals surface area contributed by atoms with E-state index in [4.69, 9.17) is 0 Å². The Kier molecular flexibility index (Phi) is 4.20. The predicted octanol–water partition coefficient (Wildman–Crippen LogP) is 2.98. The molecule has 1 atom stereocenters. The summed E-state index contributed by atoms with van der Waals surface area (Å²) in [5.41, 5.74) is 2.65. The Morgan fingerprint density at radius 1 is 1.38 bits per heavy atom. The van der Waals surface area contributed by atoms with E-state index in [1.165, 1.54) is 23.4 Å². The number of benzene rings is 1. The Balaban J connectivity index is 1.69. The number of amides is 1. The number of nitrogens with zero attached hydrogens (tertiary/aromatic N) is 1. The maximum Gasteiger partial charge on any atom is 0.254 e. The highest BCUT2D eigenvalue weighted by Gasteiger charge is 2.21. The first-order chi connectivity index (χ1) is 10.3. The average molecular weight is 302 g/mol. The van der Waals surface area contributed by atoms with Crippen LogP contribution in [0.25, 0.3) is 0 Å². The van der Waals surface area contributed by atoms with Crippen LogP contribution in [0.2, 0.25) is 0 Å². The number of carbonyl (C=O) groups excluding carboxylic acids is 1. The van der Waals surface area contributed by atoms with E-state index in [1.54, 1.807) is 0 Å². The molecule has 1 aromatic heterocycles. The van der Waals surface area contributed by atoms with Crippen LogP contribution < -0.4 is 5.32 Å². The Labute approximate surface area is 127 Å². The van der Waals surface area contributed by atoms with Crippen LogP contribution in [0.3, 0.4) is 0 Å². The van der Waals surface area contributed by atoms with Gasteiger partial charge in [0.05, 0.1) is 11.8 Å². The second kappa shape index (κ2) is 6.26. The fraction of sp³-hybridized carbons (Fsp3) is 0.250. The van der Waals surface area contributed by atoms with Gasteiger partial charge in [-0.1, -0.05) is 24.3 Å². The number of hydrogen-bond donors (Lipinski definition) is 1. The van der Waals surface area contributed by atoms with Crippen LogP contribution in [0.4, 0.5) is 4.39 Å². The first-order valence-electron chi connectivity index (χ1n) is 6.83. The van der Waals surface area contributed by atoms with Gasteiger partial charge in [-0.25, -0.2) is 4.39 Å². The standard InChI is InChI=1S/C16H15FN2OS/c17-14-9-18-7-5-13(14)16(20)19-10-15-12-4-2-1-3-11(12)6-8-21-15/h1-5,7,9,15H,6,8,10H2,(H,19,20). The van der Waals surface area contributed by atoms with Crippen LogP contribution in [0.1, 0.15) is 26.7 Å². The molecule has 2 heterocycles. The quantitative estimate of drug-likeness (QED) is 0.948. The van der Waals surface area contributed by atoms with E-state index in [0.29, 0.717) is 6.54 Å². The molecule has 3 rings (SSSR count). The minimum atomic E-state index is -0.591. The van der Waals surface area contributed by atoms with Crippen molar-refractivity contribution in [1.82, 2.24) is 10.3 Å². The highest BCUT2D eigenvalue weighted by molar-refractivity contribution is 7.99. The van der Waals surface area contributed by atoms with Gasteiger partial charge < -0.3 is 5.32 Å². The second-order valence-electron chi connectivity index (χ2n) is 4.87. The smallest absolute Gasteiger partial charge is 0.254 e. The fourth-order valence-corrected chi connectivity index (χ4v) is 3.72. The molecule has 3 nitrogen and oxygen atoms in total. The van der Waals surface area contributed by atoms with Crippen molar-refractivity contribution in [2.75, 3.05) is 12.3 Å². The van der Waals surface area contributed by atoms with Crippen LogP contribution in [0.5, 0.6) is 0 Å². The molecule has 1 aliphatic rings. The normalized spacial score (nSPS) is 17.1. The summed E-state index contributed by atoms with van der Waals surface area (Å²) in [6, 6.07) is 9.68. The lowest BCUT2D eigenvalue weighted by atomic mass is 10.0. The maximum absolute atomic E-state index is 13.5. The molecule has 2 aromatic rings. The summed E-state index contributed by atoms with van der Waals surface area (Å²) in [7, 11) is 0. The molecule has 0 radical (unpaired) electrons. The van der Waals surface area contributed by atoms with Crippen molar-refractivity contribution in [2.45, 2.75) is 11.7 Å². The van der Waals surface area contributed by atoms with E-state index < -0.39 is 11.7 Å². The van der Waals surface area contributed by atoms with Crippen molar-refractivity contribution in [2.24, 2.45) is 0 Å². The van der Waals surface area contributed by atoms with Gasteiger partial charge in [0.15, 0.2) is 5.82 Å². The van der Waals surface area contributed by atoms with Gasteiger partial charge in [0.25, 0.3) is 5.91 Å². The first-order valence-corrected chi connectivity index (χ1v) is 7.87. The third-order valence-electron chi connectivity index (χ3n) is 3.56. The first kappa shape index (κ1) is 14.1. The van der Waals surface area contributed by atoms with E-state index in [9.17, 15) is 9.18 Å². The van der Waals surface area contributed by atoms with Gasteiger partial charge in [0.1, 0.15) is 0 Å².